The monoisotopic (exact) mass is 445 g/mol. The first-order valence-corrected chi connectivity index (χ1v) is 9.28. The van der Waals surface area contributed by atoms with Crippen molar-refractivity contribution in [1.82, 2.24) is 10.3 Å². The van der Waals surface area contributed by atoms with E-state index in [4.69, 9.17) is 23.2 Å². The van der Waals surface area contributed by atoms with Crippen LogP contribution in [-0.2, 0) is 6.42 Å². The minimum Gasteiger partial charge on any atom is -0.404 e. The summed E-state index contributed by atoms with van der Waals surface area (Å²) in [6.45, 7) is 1.78. The number of benzene rings is 2. The highest BCUT2D eigenvalue weighted by Gasteiger charge is 2.34. The van der Waals surface area contributed by atoms with E-state index in [9.17, 15) is 18.0 Å². The molecule has 0 spiro atoms. The van der Waals surface area contributed by atoms with Gasteiger partial charge in [-0.3, -0.25) is 0 Å². The molecule has 1 aliphatic heterocycles. The lowest BCUT2D eigenvalue weighted by molar-refractivity contribution is -0.274. The molecule has 29 heavy (non-hydrogen) atoms. The summed E-state index contributed by atoms with van der Waals surface area (Å²) in [5.74, 6) is -0.541. The predicted molar refractivity (Wildman–Crippen MR) is 105 cm³/mol. The van der Waals surface area contributed by atoms with Gasteiger partial charge in [-0.1, -0.05) is 35.3 Å². The fourth-order valence-corrected chi connectivity index (χ4v) is 3.38. The van der Waals surface area contributed by atoms with Crippen LogP contribution < -0.4 is 10.1 Å². The zero-order valence-electron chi connectivity index (χ0n) is 15.3. The molecule has 0 saturated carbocycles. The van der Waals surface area contributed by atoms with Gasteiger partial charge in [0.1, 0.15) is 5.75 Å². The number of hydrogen-bond donors (Lipinski definition) is 1. The van der Waals surface area contributed by atoms with E-state index in [1.165, 1.54) is 24.2 Å². The van der Waals surface area contributed by atoms with Crippen LogP contribution in [0, 0.1) is 0 Å². The van der Waals surface area contributed by atoms with Crippen LogP contribution in [0.15, 0.2) is 41.5 Å². The average molecular weight is 446 g/mol. The van der Waals surface area contributed by atoms with E-state index >= 15 is 0 Å². The van der Waals surface area contributed by atoms with Crippen molar-refractivity contribution in [1.29, 1.82) is 0 Å². The molecule has 0 aromatic heterocycles. The molecular weight excluding hydrogens is 430 g/mol. The number of rotatable bonds is 2. The number of carbonyl (C=O) groups is 1. The molecule has 0 radical (unpaired) electrons. The number of hydrazone groups is 1. The molecule has 5 nitrogen and oxygen atoms in total. The van der Waals surface area contributed by atoms with E-state index in [-0.39, 0.29) is 11.1 Å². The summed E-state index contributed by atoms with van der Waals surface area (Å²) in [5, 5.41) is 8.52. The molecule has 1 atom stereocenters. The number of nitrogens with zero attached hydrogens (tertiary/aromatic N) is 2. The van der Waals surface area contributed by atoms with Crippen molar-refractivity contribution in [2.75, 3.05) is 7.05 Å². The quantitative estimate of drug-likeness (QED) is 0.687. The molecule has 10 heteroatoms. The number of amides is 2. The summed E-state index contributed by atoms with van der Waals surface area (Å²) in [4.78, 5) is 12.3. The topological polar surface area (TPSA) is 53.9 Å². The second kappa shape index (κ2) is 8.12. The van der Waals surface area contributed by atoms with Crippen LogP contribution in [0.3, 0.4) is 0 Å². The SMILES string of the molecule is CNC(=O)N1N=C(c2ccc(Cl)cc2)c2cc(OC(F)(F)F)c(Cl)cc2CC1C. The fraction of sp³-hybridized carbons (Fsp3) is 0.263. The molecule has 0 aliphatic carbocycles. The molecule has 2 aromatic carbocycles. The van der Waals surface area contributed by atoms with E-state index < -0.39 is 18.1 Å². The highest BCUT2D eigenvalue weighted by atomic mass is 35.5. The Balaban J connectivity index is 2.22. The number of carbonyl (C=O) groups excluding carboxylic acids is 1. The zero-order valence-corrected chi connectivity index (χ0v) is 16.9. The van der Waals surface area contributed by atoms with Gasteiger partial charge < -0.3 is 10.1 Å². The largest absolute Gasteiger partial charge is 0.573 e. The summed E-state index contributed by atoms with van der Waals surface area (Å²) in [7, 11) is 1.47. The van der Waals surface area contributed by atoms with Crippen molar-refractivity contribution >= 4 is 34.9 Å². The van der Waals surface area contributed by atoms with Crippen LogP contribution in [0.1, 0.15) is 23.6 Å². The van der Waals surface area contributed by atoms with E-state index in [1.54, 1.807) is 31.2 Å². The predicted octanol–water partition coefficient (Wildman–Crippen LogP) is 5.23. The highest BCUT2D eigenvalue weighted by molar-refractivity contribution is 6.32. The molecule has 2 aromatic rings. The summed E-state index contributed by atoms with van der Waals surface area (Å²) in [6, 6.07) is 8.37. The van der Waals surface area contributed by atoms with Gasteiger partial charge in [-0.2, -0.15) is 5.10 Å². The number of urea groups is 1. The van der Waals surface area contributed by atoms with Crippen LogP contribution >= 0.6 is 23.2 Å². The van der Waals surface area contributed by atoms with Crippen molar-refractivity contribution in [2.24, 2.45) is 5.10 Å². The Morgan fingerprint density at radius 1 is 1.24 bits per heavy atom. The van der Waals surface area contributed by atoms with Crippen molar-refractivity contribution in [3.63, 3.8) is 0 Å². The third kappa shape index (κ3) is 4.76. The molecule has 3 rings (SSSR count). The first kappa shape index (κ1) is 21.3. The average Bonchev–Trinajstić information content (AvgIpc) is 2.77. The van der Waals surface area contributed by atoms with E-state index in [0.29, 0.717) is 33.8 Å². The first-order valence-electron chi connectivity index (χ1n) is 8.53. The Morgan fingerprint density at radius 3 is 2.48 bits per heavy atom. The van der Waals surface area contributed by atoms with E-state index in [2.05, 4.69) is 15.2 Å². The minimum atomic E-state index is -4.90. The maximum atomic E-state index is 12.8. The lowest BCUT2D eigenvalue weighted by Gasteiger charge is -2.22. The number of nitrogens with one attached hydrogen (secondary N) is 1. The molecule has 1 N–H and O–H groups in total. The molecule has 2 amide bonds. The molecular formula is C19H16Cl2F3N3O2. The maximum Gasteiger partial charge on any atom is 0.573 e. The fourth-order valence-electron chi connectivity index (χ4n) is 3.03. The van der Waals surface area contributed by atoms with Crippen LogP contribution in [-0.4, -0.2) is 36.2 Å². The van der Waals surface area contributed by atoms with Gasteiger partial charge in [0.2, 0.25) is 0 Å². The molecule has 1 aliphatic rings. The number of hydrogen-bond acceptors (Lipinski definition) is 3. The van der Waals surface area contributed by atoms with Crippen LogP contribution in [0.4, 0.5) is 18.0 Å². The van der Waals surface area contributed by atoms with Gasteiger partial charge in [-0.15, -0.1) is 13.2 Å². The number of halogens is 5. The van der Waals surface area contributed by atoms with Gasteiger partial charge in [0, 0.05) is 23.2 Å². The highest BCUT2D eigenvalue weighted by Crippen LogP contribution is 2.36. The Labute approximate surface area is 175 Å². The number of alkyl halides is 3. The third-order valence-corrected chi connectivity index (χ3v) is 4.87. The molecule has 154 valence electrons. The van der Waals surface area contributed by atoms with Crippen molar-refractivity contribution < 1.29 is 22.7 Å². The third-order valence-electron chi connectivity index (χ3n) is 4.32. The second-order valence-electron chi connectivity index (χ2n) is 6.40. The van der Waals surface area contributed by atoms with Crippen LogP contribution in [0.2, 0.25) is 10.0 Å². The lowest BCUT2D eigenvalue weighted by Crippen LogP contribution is -2.41. The first-order chi connectivity index (χ1) is 13.6. The second-order valence-corrected chi connectivity index (χ2v) is 7.24. The summed E-state index contributed by atoms with van der Waals surface area (Å²) >= 11 is 12.0. The van der Waals surface area contributed by atoms with Crippen molar-refractivity contribution in [3.05, 3.63) is 63.1 Å². The normalized spacial score (nSPS) is 16.6. The smallest absolute Gasteiger partial charge is 0.404 e. The maximum absolute atomic E-state index is 12.8. The molecule has 0 fully saturated rings. The number of ether oxygens (including phenoxy) is 1. The summed E-state index contributed by atoms with van der Waals surface area (Å²) in [6.07, 6.45) is -4.57. The van der Waals surface area contributed by atoms with Crippen molar-refractivity contribution in [3.8, 4) is 5.75 Å². The van der Waals surface area contributed by atoms with Gasteiger partial charge in [0.25, 0.3) is 0 Å². The summed E-state index contributed by atoms with van der Waals surface area (Å²) in [5.41, 5.74) is 1.89. The van der Waals surface area contributed by atoms with Gasteiger partial charge in [-0.05, 0) is 43.2 Å². The minimum absolute atomic E-state index is 0.183. The Morgan fingerprint density at radius 2 is 1.90 bits per heavy atom. The van der Waals surface area contributed by atoms with E-state index in [1.807, 2.05) is 0 Å². The van der Waals surface area contributed by atoms with E-state index in [0.717, 1.165) is 0 Å². The van der Waals surface area contributed by atoms with Crippen LogP contribution in [0.25, 0.3) is 0 Å². The molecule has 0 bridgehead atoms. The van der Waals surface area contributed by atoms with Gasteiger partial charge in [0.05, 0.1) is 16.8 Å². The van der Waals surface area contributed by atoms with Gasteiger partial charge in [0.15, 0.2) is 0 Å². The van der Waals surface area contributed by atoms with Crippen molar-refractivity contribution in [2.45, 2.75) is 25.7 Å². The number of fused-ring (bicyclic) bond motifs is 1. The van der Waals surface area contributed by atoms with Gasteiger partial charge in [-0.25, -0.2) is 9.80 Å². The lowest BCUT2D eigenvalue weighted by atomic mass is 9.94. The summed E-state index contributed by atoms with van der Waals surface area (Å²) < 4.78 is 42.4. The van der Waals surface area contributed by atoms with Gasteiger partial charge >= 0.3 is 12.4 Å². The van der Waals surface area contributed by atoms with Crippen LogP contribution in [0.5, 0.6) is 5.75 Å². The molecule has 0 saturated heterocycles. The molecule has 1 unspecified atom stereocenters. The Hall–Kier alpha value is -2.45. The Kier molecular flexibility index (Phi) is 5.95. The Bertz CT molecular complexity index is 962. The zero-order chi connectivity index (χ0) is 21.3. The standard InChI is InChI=1S/C19H16Cl2F3N3O2/c1-10-7-12-8-15(21)16(29-19(22,23)24)9-14(12)17(26-27(10)18(28)25-2)11-3-5-13(20)6-4-11/h3-6,8-10H,7H2,1-2H3,(H,25,28). The molecule has 1 heterocycles.